The van der Waals surface area contributed by atoms with Crippen LogP contribution in [0.5, 0.6) is 0 Å². The first-order valence-electron chi connectivity index (χ1n) is 7.33. The molecule has 0 aliphatic rings. The van der Waals surface area contributed by atoms with Crippen LogP contribution in [0.25, 0.3) is 0 Å². The van der Waals surface area contributed by atoms with E-state index < -0.39 is 0 Å². The number of amides is 2. The quantitative estimate of drug-likeness (QED) is 0.527. The number of carbonyl (C=O) groups is 2. The van der Waals surface area contributed by atoms with Crippen LogP contribution in [0.2, 0.25) is 0 Å². The van der Waals surface area contributed by atoms with Gasteiger partial charge in [-0.05, 0) is 20.8 Å². The van der Waals surface area contributed by atoms with Gasteiger partial charge in [0.2, 0.25) is 11.8 Å². The zero-order valence-electron chi connectivity index (χ0n) is 13.6. The van der Waals surface area contributed by atoms with E-state index in [0.29, 0.717) is 26.2 Å². The summed E-state index contributed by atoms with van der Waals surface area (Å²) >= 11 is 0. The maximum atomic E-state index is 12.2. The van der Waals surface area contributed by atoms with E-state index in [1.54, 1.807) is 7.11 Å². The average molecular weight is 303 g/mol. The Hall–Kier alpha value is -1.18. The second-order valence-electron chi connectivity index (χ2n) is 5.12. The van der Waals surface area contributed by atoms with Crippen molar-refractivity contribution in [2.75, 3.05) is 53.0 Å². The van der Waals surface area contributed by atoms with Crippen LogP contribution >= 0.6 is 0 Å². The number of ether oxygens (including phenoxy) is 1. The van der Waals surface area contributed by atoms with Crippen LogP contribution in [0.4, 0.5) is 0 Å². The minimum Gasteiger partial charge on any atom is -0.395 e. The van der Waals surface area contributed by atoms with E-state index in [4.69, 9.17) is 9.84 Å². The molecule has 0 atom stereocenters. The first-order valence-corrected chi connectivity index (χ1v) is 7.33. The highest BCUT2D eigenvalue weighted by Crippen LogP contribution is 1.96. The van der Waals surface area contributed by atoms with Gasteiger partial charge in [0.15, 0.2) is 0 Å². The van der Waals surface area contributed by atoms with Crippen LogP contribution in [-0.4, -0.2) is 85.8 Å². The van der Waals surface area contributed by atoms with Crippen molar-refractivity contribution in [1.29, 1.82) is 0 Å². The first kappa shape index (κ1) is 19.8. The average Bonchev–Trinajstić information content (AvgIpc) is 2.41. The molecule has 0 radical (unpaired) electrons. The van der Waals surface area contributed by atoms with E-state index >= 15 is 0 Å². The van der Waals surface area contributed by atoms with Crippen LogP contribution in [0.1, 0.15) is 20.8 Å². The highest BCUT2D eigenvalue weighted by atomic mass is 16.5. The maximum absolute atomic E-state index is 12.2. The molecule has 0 aromatic heterocycles. The summed E-state index contributed by atoms with van der Waals surface area (Å²) in [6.07, 6.45) is 0. The number of hydrogen-bond acceptors (Lipinski definition) is 5. The lowest BCUT2D eigenvalue weighted by molar-refractivity contribution is -0.137. The molecule has 0 saturated carbocycles. The van der Waals surface area contributed by atoms with Gasteiger partial charge in [-0.25, -0.2) is 0 Å². The highest BCUT2D eigenvalue weighted by molar-refractivity contribution is 5.85. The number of carbonyl (C=O) groups excluding carboxylic acids is 2. The van der Waals surface area contributed by atoms with Gasteiger partial charge in [0.1, 0.15) is 0 Å². The summed E-state index contributed by atoms with van der Waals surface area (Å²) < 4.78 is 4.98. The Bertz CT molecular complexity index is 311. The normalized spacial score (nSPS) is 11.0. The van der Waals surface area contributed by atoms with Crippen LogP contribution in [0.3, 0.4) is 0 Å². The first-order chi connectivity index (χ1) is 9.94. The van der Waals surface area contributed by atoms with E-state index in [9.17, 15) is 9.59 Å². The van der Waals surface area contributed by atoms with Crippen molar-refractivity contribution in [3.05, 3.63) is 0 Å². The lowest BCUT2D eigenvalue weighted by atomic mass is 10.3. The van der Waals surface area contributed by atoms with Gasteiger partial charge in [-0.1, -0.05) is 0 Å². The number of nitrogens with zero attached hydrogens (tertiary/aromatic N) is 2. The van der Waals surface area contributed by atoms with Crippen molar-refractivity contribution in [3.63, 3.8) is 0 Å². The zero-order valence-corrected chi connectivity index (χ0v) is 13.6. The molecule has 0 aliphatic heterocycles. The molecule has 124 valence electrons. The summed E-state index contributed by atoms with van der Waals surface area (Å²) in [5.41, 5.74) is 0. The van der Waals surface area contributed by atoms with E-state index in [-0.39, 0.29) is 37.6 Å². The molecular weight excluding hydrogens is 274 g/mol. The van der Waals surface area contributed by atoms with Crippen molar-refractivity contribution in [3.8, 4) is 0 Å². The monoisotopic (exact) mass is 303 g/mol. The number of methoxy groups -OCH3 is 1. The molecule has 2 amide bonds. The Labute approximate surface area is 127 Å². The second-order valence-corrected chi connectivity index (χ2v) is 5.12. The third-order valence-electron chi connectivity index (χ3n) is 2.91. The predicted octanol–water partition coefficient (Wildman–Crippen LogP) is -0.700. The van der Waals surface area contributed by atoms with Crippen LogP contribution in [0, 0.1) is 0 Å². The smallest absolute Gasteiger partial charge is 0.239 e. The topological polar surface area (TPSA) is 82.1 Å². The second kappa shape index (κ2) is 11.5. The summed E-state index contributed by atoms with van der Waals surface area (Å²) in [5, 5.41) is 11.8. The molecule has 0 spiro atoms. The molecule has 0 aromatic carbocycles. The summed E-state index contributed by atoms with van der Waals surface area (Å²) in [6.45, 7) is 7.76. The fourth-order valence-corrected chi connectivity index (χ4v) is 1.84. The third-order valence-corrected chi connectivity index (χ3v) is 2.91. The maximum Gasteiger partial charge on any atom is 0.239 e. The fourth-order valence-electron chi connectivity index (χ4n) is 1.84. The van der Waals surface area contributed by atoms with Crippen LogP contribution < -0.4 is 5.32 Å². The molecule has 7 nitrogen and oxygen atoms in total. The molecule has 0 saturated heterocycles. The van der Waals surface area contributed by atoms with E-state index in [0.717, 1.165) is 0 Å². The Morgan fingerprint density at radius 1 is 1.24 bits per heavy atom. The number of aliphatic hydroxyl groups excluding tert-OH is 1. The lowest BCUT2D eigenvalue weighted by Gasteiger charge is -2.26. The van der Waals surface area contributed by atoms with Gasteiger partial charge in [0.25, 0.3) is 0 Å². The van der Waals surface area contributed by atoms with Gasteiger partial charge >= 0.3 is 0 Å². The Morgan fingerprint density at radius 3 is 2.38 bits per heavy atom. The van der Waals surface area contributed by atoms with Crippen molar-refractivity contribution < 1.29 is 19.4 Å². The Morgan fingerprint density at radius 2 is 1.90 bits per heavy atom. The van der Waals surface area contributed by atoms with Gasteiger partial charge in [0.05, 0.1) is 26.3 Å². The number of rotatable bonds is 11. The van der Waals surface area contributed by atoms with Crippen LogP contribution in [0.15, 0.2) is 0 Å². The van der Waals surface area contributed by atoms with Gasteiger partial charge in [-0.3, -0.25) is 14.5 Å². The number of hydrogen-bond donors (Lipinski definition) is 2. The standard InChI is InChI=1S/C14H29N3O4/c1-5-17(10-13(19)15-12(2)3)14(20)11-16(6-8-18)7-9-21-4/h12,18H,5-11H2,1-4H3,(H,15,19). The molecule has 0 unspecified atom stereocenters. The summed E-state index contributed by atoms with van der Waals surface area (Å²) in [5.74, 6) is -0.285. The van der Waals surface area contributed by atoms with Gasteiger partial charge in [0, 0.05) is 32.8 Å². The van der Waals surface area contributed by atoms with Crippen molar-refractivity contribution in [2.45, 2.75) is 26.8 Å². The van der Waals surface area contributed by atoms with Gasteiger partial charge in [-0.15, -0.1) is 0 Å². The molecule has 0 bridgehead atoms. The molecule has 0 aromatic rings. The fraction of sp³-hybridized carbons (Fsp3) is 0.857. The Kier molecular flexibility index (Phi) is 10.8. The SMILES string of the molecule is CCN(CC(=O)NC(C)C)C(=O)CN(CCO)CCOC. The lowest BCUT2D eigenvalue weighted by Crippen LogP contribution is -2.47. The largest absolute Gasteiger partial charge is 0.395 e. The van der Waals surface area contributed by atoms with Gasteiger partial charge < -0.3 is 20.1 Å². The summed E-state index contributed by atoms with van der Waals surface area (Å²) in [6, 6.07) is 0.0545. The molecule has 0 fully saturated rings. The van der Waals surface area contributed by atoms with E-state index in [1.165, 1.54) is 4.90 Å². The Balaban J connectivity index is 4.43. The predicted molar refractivity (Wildman–Crippen MR) is 80.9 cm³/mol. The molecule has 0 aliphatic carbocycles. The highest BCUT2D eigenvalue weighted by Gasteiger charge is 2.18. The molecule has 0 heterocycles. The van der Waals surface area contributed by atoms with Crippen molar-refractivity contribution in [1.82, 2.24) is 15.1 Å². The van der Waals surface area contributed by atoms with Crippen molar-refractivity contribution >= 4 is 11.8 Å². The summed E-state index contributed by atoms with van der Waals surface area (Å²) in [7, 11) is 1.59. The van der Waals surface area contributed by atoms with E-state index in [2.05, 4.69) is 5.32 Å². The molecule has 21 heavy (non-hydrogen) atoms. The minimum atomic E-state index is -0.161. The molecule has 7 heteroatoms. The number of likely N-dealkylation sites (N-methyl/N-ethyl adjacent to an activating group) is 1. The minimum absolute atomic E-state index is 0.0169. The number of aliphatic hydroxyl groups is 1. The zero-order chi connectivity index (χ0) is 16.3. The van der Waals surface area contributed by atoms with Gasteiger partial charge in [-0.2, -0.15) is 0 Å². The molecule has 2 N–H and O–H groups in total. The summed E-state index contributed by atoms with van der Waals surface area (Å²) in [4.78, 5) is 27.3. The third kappa shape index (κ3) is 9.38. The number of nitrogens with one attached hydrogen (secondary N) is 1. The molecule has 0 rings (SSSR count). The van der Waals surface area contributed by atoms with E-state index in [1.807, 2.05) is 25.7 Å². The molecular formula is C14H29N3O4. The van der Waals surface area contributed by atoms with Crippen molar-refractivity contribution in [2.24, 2.45) is 0 Å². The van der Waals surface area contributed by atoms with Crippen LogP contribution in [-0.2, 0) is 14.3 Å².